The summed E-state index contributed by atoms with van der Waals surface area (Å²) in [5.41, 5.74) is 1.51. The van der Waals surface area contributed by atoms with Gasteiger partial charge in [-0.25, -0.2) is 0 Å². The van der Waals surface area contributed by atoms with Crippen LogP contribution in [-0.4, -0.2) is 0 Å². The maximum absolute atomic E-state index is 3.96. The summed E-state index contributed by atoms with van der Waals surface area (Å²) in [6, 6.07) is 2.30. The molecule has 1 aromatic rings. The summed E-state index contributed by atoms with van der Waals surface area (Å²) in [7, 11) is 0. The minimum Gasteiger partial charge on any atom is -0.133 e. The van der Waals surface area contributed by atoms with Crippen molar-refractivity contribution in [3.8, 4) is 0 Å². The van der Waals surface area contributed by atoms with Crippen LogP contribution in [0.5, 0.6) is 0 Å². The second kappa shape index (κ2) is 6.72. The first kappa shape index (κ1) is 14.1. The highest BCUT2D eigenvalue weighted by molar-refractivity contribution is 9.11. The molecule has 2 rings (SSSR count). The second-order valence-corrected chi connectivity index (χ2v) is 8.69. The fourth-order valence-corrected chi connectivity index (χ4v) is 5.68. The number of hydrogen-bond acceptors (Lipinski definition) is 1. The van der Waals surface area contributed by atoms with E-state index < -0.39 is 0 Å². The van der Waals surface area contributed by atoms with Gasteiger partial charge < -0.3 is 0 Å². The van der Waals surface area contributed by atoms with Crippen molar-refractivity contribution in [2.45, 2.75) is 56.7 Å². The fraction of sp³-hybridized carbons (Fsp3) is 0.714. The molecule has 1 aliphatic rings. The second-order valence-electron chi connectivity index (χ2n) is 5.07. The summed E-state index contributed by atoms with van der Waals surface area (Å²) in [6.07, 6.45) is 9.92. The van der Waals surface area contributed by atoms with Gasteiger partial charge in [-0.05, 0) is 53.2 Å². The fourth-order valence-electron chi connectivity index (χ4n) is 2.77. The van der Waals surface area contributed by atoms with Gasteiger partial charge in [0.1, 0.15) is 0 Å². The van der Waals surface area contributed by atoms with Gasteiger partial charge in [-0.2, -0.15) is 0 Å². The van der Waals surface area contributed by atoms with Crippen LogP contribution in [0.4, 0.5) is 0 Å². The Balaban J connectivity index is 2.06. The quantitative estimate of drug-likeness (QED) is 0.506. The molecule has 0 spiro atoms. The maximum atomic E-state index is 3.96. The topological polar surface area (TPSA) is 0 Å². The van der Waals surface area contributed by atoms with E-state index in [1.165, 1.54) is 59.2 Å². The number of thiophene rings is 1. The smallest absolute Gasteiger partial charge is 0.0704 e. The van der Waals surface area contributed by atoms with E-state index in [0.717, 1.165) is 5.92 Å². The molecule has 1 unspecified atom stereocenters. The first-order valence-electron chi connectivity index (χ1n) is 6.58. The first-order valence-corrected chi connectivity index (χ1v) is 9.11. The molecule has 0 saturated heterocycles. The molecule has 1 aliphatic carbocycles. The Labute approximate surface area is 125 Å². The van der Waals surface area contributed by atoms with Gasteiger partial charge in [-0.3, -0.25) is 0 Å². The van der Waals surface area contributed by atoms with Crippen LogP contribution >= 0.6 is 43.2 Å². The molecule has 1 atom stereocenters. The van der Waals surface area contributed by atoms with Crippen molar-refractivity contribution in [2.24, 2.45) is 5.92 Å². The molecule has 1 saturated carbocycles. The van der Waals surface area contributed by atoms with E-state index in [0.29, 0.717) is 4.83 Å². The lowest BCUT2D eigenvalue weighted by Gasteiger charge is -2.24. The molecular formula is C14H20Br2S. The molecule has 0 amide bonds. The highest BCUT2D eigenvalue weighted by atomic mass is 79.9. The predicted octanol–water partition coefficient (Wildman–Crippen LogP) is 6.62. The summed E-state index contributed by atoms with van der Waals surface area (Å²) < 4.78 is 1.26. The van der Waals surface area contributed by atoms with Crippen molar-refractivity contribution < 1.29 is 0 Å². The maximum Gasteiger partial charge on any atom is 0.0704 e. The Morgan fingerprint density at radius 1 is 1.18 bits per heavy atom. The van der Waals surface area contributed by atoms with Gasteiger partial charge in [0.25, 0.3) is 0 Å². The summed E-state index contributed by atoms with van der Waals surface area (Å²) in [6.45, 7) is 2.24. The lowest BCUT2D eigenvalue weighted by molar-refractivity contribution is 0.374. The van der Waals surface area contributed by atoms with Crippen molar-refractivity contribution in [3.05, 3.63) is 20.3 Å². The van der Waals surface area contributed by atoms with Gasteiger partial charge in [0.2, 0.25) is 0 Å². The molecule has 0 aromatic carbocycles. The zero-order valence-electron chi connectivity index (χ0n) is 10.3. The zero-order valence-corrected chi connectivity index (χ0v) is 14.3. The summed E-state index contributed by atoms with van der Waals surface area (Å²) in [5, 5.41) is 0. The van der Waals surface area contributed by atoms with Crippen LogP contribution in [0.1, 0.15) is 60.2 Å². The molecule has 3 heteroatoms. The number of alkyl halides is 1. The highest BCUT2D eigenvalue weighted by Crippen LogP contribution is 2.43. The van der Waals surface area contributed by atoms with Crippen molar-refractivity contribution in [1.82, 2.24) is 0 Å². The van der Waals surface area contributed by atoms with Crippen LogP contribution in [0.2, 0.25) is 0 Å². The summed E-state index contributed by atoms with van der Waals surface area (Å²) in [5.74, 6) is 0.829. The van der Waals surface area contributed by atoms with Crippen molar-refractivity contribution in [2.75, 3.05) is 0 Å². The van der Waals surface area contributed by atoms with Gasteiger partial charge in [-0.15, -0.1) is 11.3 Å². The van der Waals surface area contributed by atoms with E-state index in [9.17, 15) is 0 Å². The number of hydrogen-bond donors (Lipinski definition) is 0. The minimum atomic E-state index is 0.558. The average molecular weight is 380 g/mol. The number of rotatable bonds is 2. The molecule has 1 fully saturated rings. The molecule has 0 radical (unpaired) electrons. The Kier molecular flexibility index (Phi) is 5.56. The minimum absolute atomic E-state index is 0.558. The highest BCUT2D eigenvalue weighted by Gasteiger charge is 2.23. The number of halogens is 2. The largest absolute Gasteiger partial charge is 0.133 e. The van der Waals surface area contributed by atoms with E-state index >= 15 is 0 Å². The van der Waals surface area contributed by atoms with E-state index in [1.54, 1.807) is 0 Å². The van der Waals surface area contributed by atoms with Crippen molar-refractivity contribution in [1.29, 1.82) is 0 Å². The predicted molar refractivity (Wildman–Crippen MR) is 84.2 cm³/mol. The lowest BCUT2D eigenvalue weighted by atomic mass is 9.87. The van der Waals surface area contributed by atoms with Crippen LogP contribution in [0.3, 0.4) is 0 Å². The summed E-state index contributed by atoms with van der Waals surface area (Å²) in [4.78, 5) is 2.02. The van der Waals surface area contributed by atoms with E-state index in [-0.39, 0.29) is 0 Å². The van der Waals surface area contributed by atoms with Crippen LogP contribution in [0, 0.1) is 12.8 Å². The SMILES string of the molecule is Cc1sc(Br)cc1C(Br)C1CCCCCCC1. The van der Waals surface area contributed by atoms with Gasteiger partial charge in [-0.1, -0.05) is 48.0 Å². The molecule has 0 aliphatic heterocycles. The Morgan fingerprint density at radius 2 is 1.76 bits per heavy atom. The zero-order chi connectivity index (χ0) is 12.3. The van der Waals surface area contributed by atoms with Crippen LogP contribution < -0.4 is 0 Å². The molecule has 96 valence electrons. The van der Waals surface area contributed by atoms with Gasteiger partial charge >= 0.3 is 0 Å². The molecule has 0 bridgehead atoms. The van der Waals surface area contributed by atoms with Crippen molar-refractivity contribution >= 4 is 43.2 Å². The molecule has 1 aromatic heterocycles. The van der Waals surface area contributed by atoms with E-state index in [4.69, 9.17) is 0 Å². The lowest BCUT2D eigenvalue weighted by Crippen LogP contribution is -2.10. The average Bonchev–Trinajstić information content (AvgIpc) is 2.56. The Hall–Kier alpha value is 0.660. The van der Waals surface area contributed by atoms with Gasteiger partial charge in [0.15, 0.2) is 0 Å². The van der Waals surface area contributed by atoms with Gasteiger partial charge in [0.05, 0.1) is 3.79 Å². The third-order valence-electron chi connectivity index (χ3n) is 3.79. The normalized spacial score (nSPS) is 20.9. The molecule has 17 heavy (non-hydrogen) atoms. The van der Waals surface area contributed by atoms with Crippen LogP contribution in [-0.2, 0) is 0 Å². The summed E-state index contributed by atoms with van der Waals surface area (Å²) >= 11 is 9.42. The number of aryl methyl sites for hydroxylation is 1. The Bertz CT molecular complexity index is 351. The monoisotopic (exact) mass is 378 g/mol. The molecule has 0 N–H and O–H groups in total. The van der Waals surface area contributed by atoms with Crippen molar-refractivity contribution in [3.63, 3.8) is 0 Å². The molecular weight excluding hydrogens is 360 g/mol. The van der Waals surface area contributed by atoms with E-state index in [1.807, 2.05) is 11.3 Å². The molecule has 1 heterocycles. The van der Waals surface area contributed by atoms with Crippen LogP contribution in [0.15, 0.2) is 9.85 Å². The standard InChI is InChI=1S/C14H20Br2S/c1-10-12(9-13(15)17-10)14(16)11-7-5-3-2-4-6-8-11/h9,11,14H,2-8H2,1H3. The van der Waals surface area contributed by atoms with Gasteiger partial charge in [0, 0.05) is 9.70 Å². The third kappa shape index (κ3) is 3.81. The first-order chi connectivity index (χ1) is 8.18. The molecule has 0 nitrogen and oxygen atoms in total. The van der Waals surface area contributed by atoms with Crippen LogP contribution in [0.25, 0.3) is 0 Å². The third-order valence-corrected chi connectivity index (χ3v) is 6.60. The van der Waals surface area contributed by atoms with E-state index in [2.05, 4.69) is 44.8 Å². The Morgan fingerprint density at radius 3 is 2.29 bits per heavy atom.